The van der Waals surface area contributed by atoms with E-state index in [-0.39, 0.29) is 17.3 Å². The number of esters is 1. The Hall–Kier alpha value is -1.84. The van der Waals surface area contributed by atoms with Crippen molar-refractivity contribution in [3.05, 3.63) is 24.3 Å². The van der Waals surface area contributed by atoms with Crippen molar-refractivity contribution in [2.24, 2.45) is 23.2 Å². The molecule has 0 radical (unpaired) electrons. The van der Waals surface area contributed by atoms with E-state index in [2.05, 4.69) is 5.32 Å². The van der Waals surface area contributed by atoms with Crippen molar-refractivity contribution < 1.29 is 14.3 Å². The van der Waals surface area contributed by atoms with Crippen LogP contribution in [0.1, 0.15) is 45.4 Å². The summed E-state index contributed by atoms with van der Waals surface area (Å²) in [4.78, 5) is 24.0. The minimum atomic E-state index is -0.251. The number of anilines is 1. The minimum Gasteiger partial charge on any atom is -0.426 e. The third-order valence-electron chi connectivity index (χ3n) is 5.84. The van der Waals surface area contributed by atoms with E-state index >= 15 is 0 Å². The topological polar surface area (TPSA) is 55.4 Å². The Bertz CT molecular complexity index is 616. The second-order valence-electron chi connectivity index (χ2n) is 7.80. The van der Waals surface area contributed by atoms with Crippen LogP contribution < -0.4 is 10.1 Å². The number of ether oxygens (including phenoxy) is 1. The summed E-state index contributed by atoms with van der Waals surface area (Å²) in [6, 6.07) is 7.10. The lowest BCUT2D eigenvalue weighted by Gasteiger charge is -2.55. The Labute approximate surface area is 136 Å². The van der Waals surface area contributed by atoms with E-state index in [1.165, 1.54) is 26.2 Å². The summed E-state index contributed by atoms with van der Waals surface area (Å²) in [5.74, 6) is 2.50. The van der Waals surface area contributed by atoms with Gasteiger partial charge in [0.25, 0.3) is 0 Å². The van der Waals surface area contributed by atoms with Gasteiger partial charge >= 0.3 is 5.97 Å². The first-order valence-corrected chi connectivity index (χ1v) is 8.62. The molecule has 0 spiro atoms. The summed E-state index contributed by atoms with van der Waals surface area (Å²) in [6.07, 6.45) is 6.94. The maximum absolute atomic E-state index is 12.9. The molecule has 4 nitrogen and oxygen atoms in total. The fourth-order valence-corrected chi connectivity index (χ4v) is 5.42. The average molecular weight is 313 g/mol. The molecule has 1 amide bonds. The molecule has 0 aliphatic heterocycles. The van der Waals surface area contributed by atoms with Crippen LogP contribution >= 0.6 is 0 Å². The molecule has 0 aromatic heterocycles. The number of hydrogen-bond acceptors (Lipinski definition) is 3. The molecular formula is C19H23NO3. The van der Waals surface area contributed by atoms with Crippen molar-refractivity contribution in [1.29, 1.82) is 0 Å². The van der Waals surface area contributed by atoms with Gasteiger partial charge in [-0.05, 0) is 68.4 Å². The van der Waals surface area contributed by atoms with E-state index in [0.717, 1.165) is 37.0 Å². The van der Waals surface area contributed by atoms with E-state index in [1.54, 1.807) is 24.3 Å². The maximum Gasteiger partial charge on any atom is 0.317 e. The van der Waals surface area contributed by atoms with Gasteiger partial charge in [0.2, 0.25) is 5.91 Å². The molecular weight excluding hydrogens is 290 g/mol. The lowest BCUT2D eigenvalue weighted by atomic mass is 9.49. The highest BCUT2D eigenvalue weighted by Crippen LogP contribution is 2.60. The molecule has 0 unspecified atom stereocenters. The van der Waals surface area contributed by atoms with Crippen LogP contribution in [-0.2, 0) is 9.59 Å². The molecule has 4 aliphatic rings. The van der Waals surface area contributed by atoms with Crippen molar-refractivity contribution >= 4 is 17.6 Å². The summed E-state index contributed by atoms with van der Waals surface area (Å²) in [5.41, 5.74) is 0.409. The normalized spacial score (nSPS) is 34.2. The molecule has 0 heterocycles. The Kier molecular flexibility index (Phi) is 3.43. The van der Waals surface area contributed by atoms with Gasteiger partial charge in [-0.25, -0.2) is 0 Å². The van der Waals surface area contributed by atoms with E-state index in [0.29, 0.717) is 11.4 Å². The lowest BCUT2D eigenvalue weighted by molar-refractivity contribution is -0.161. The zero-order chi connectivity index (χ0) is 16.0. The number of hydrogen-bond donors (Lipinski definition) is 1. The molecule has 4 saturated carbocycles. The highest BCUT2D eigenvalue weighted by molar-refractivity contribution is 5.89. The molecule has 0 atom stereocenters. The van der Waals surface area contributed by atoms with Crippen molar-refractivity contribution in [3.8, 4) is 5.75 Å². The zero-order valence-electron chi connectivity index (χ0n) is 13.5. The van der Waals surface area contributed by atoms with Gasteiger partial charge in [0.1, 0.15) is 5.75 Å². The van der Waals surface area contributed by atoms with Gasteiger partial charge in [-0.1, -0.05) is 6.07 Å². The van der Waals surface area contributed by atoms with Crippen LogP contribution in [0.25, 0.3) is 0 Å². The molecule has 1 aromatic carbocycles. The van der Waals surface area contributed by atoms with Gasteiger partial charge in [-0.15, -0.1) is 0 Å². The molecule has 23 heavy (non-hydrogen) atoms. The summed E-state index contributed by atoms with van der Waals surface area (Å²) in [5, 5.41) is 2.72. The monoisotopic (exact) mass is 313 g/mol. The number of benzene rings is 1. The van der Waals surface area contributed by atoms with Crippen molar-refractivity contribution in [2.45, 2.75) is 45.4 Å². The molecule has 5 rings (SSSR count). The predicted octanol–water partition coefficient (Wildman–Crippen LogP) is 3.77. The van der Waals surface area contributed by atoms with Crippen molar-refractivity contribution in [3.63, 3.8) is 0 Å². The quantitative estimate of drug-likeness (QED) is 0.682. The third-order valence-corrected chi connectivity index (χ3v) is 5.84. The fraction of sp³-hybridized carbons (Fsp3) is 0.579. The van der Waals surface area contributed by atoms with Crippen LogP contribution in [-0.4, -0.2) is 11.9 Å². The number of carbonyl (C=O) groups is 2. The van der Waals surface area contributed by atoms with Crippen LogP contribution in [0.4, 0.5) is 5.69 Å². The van der Waals surface area contributed by atoms with E-state index in [9.17, 15) is 9.59 Å². The van der Waals surface area contributed by atoms with Gasteiger partial charge in [-0.3, -0.25) is 9.59 Å². The second-order valence-corrected chi connectivity index (χ2v) is 7.80. The van der Waals surface area contributed by atoms with Crippen LogP contribution in [0, 0.1) is 23.2 Å². The summed E-state index contributed by atoms with van der Waals surface area (Å²) < 4.78 is 5.73. The van der Waals surface area contributed by atoms with Gasteiger partial charge in [0.05, 0.1) is 5.41 Å². The van der Waals surface area contributed by atoms with Crippen molar-refractivity contribution in [1.82, 2.24) is 0 Å². The van der Waals surface area contributed by atoms with Gasteiger partial charge in [-0.2, -0.15) is 0 Å². The van der Waals surface area contributed by atoms with Gasteiger partial charge < -0.3 is 10.1 Å². The van der Waals surface area contributed by atoms with E-state index < -0.39 is 0 Å². The molecule has 122 valence electrons. The molecule has 4 bridgehead atoms. The number of rotatable bonds is 3. The Morgan fingerprint density at radius 3 is 2.26 bits per heavy atom. The average Bonchev–Trinajstić information content (AvgIpc) is 2.45. The molecule has 4 fully saturated rings. The molecule has 1 N–H and O–H groups in total. The van der Waals surface area contributed by atoms with E-state index in [4.69, 9.17) is 4.74 Å². The van der Waals surface area contributed by atoms with Crippen molar-refractivity contribution in [2.75, 3.05) is 5.32 Å². The SMILES string of the molecule is CC(=O)Nc1cccc(OC(=O)C23CC4CC(CC(C4)C2)C3)c1. The predicted molar refractivity (Wildman–Crippen MR) is 87.0 cm³/mol. The smallest absolute Gasteiger partial charge is 0.317 e. The van der Waals surface area contributed by atoms with Crippen LogP contribution in [0.5, 0.6) is 5.75 Å². The Morgan fingerprint density at radius 1 is 1.09 bits per heavy atom. The Balaban J connectivity index is 1.51. The first-order chi connectivity index (χ1) is 11.0. The third kappa shape index (κ3) is 2.75. The molecule has 4 heteroatoms. The summed E-state index contributed by atoms with van der Waals surface area (Å²) in [7, 11) is 0. The van der Waals surface area contributed by atoms with Crippen LogP contribution in [0.15, 0.2) is 24.3 Å². The fourth-order valence-electron chi connectivity index (χ4n) is 5.42. The standard InChI is InChI=1S/C19H23NO3/c1-12(21)20-16-3-2-4-17(8-16)23-18(22)19-9-13-5-14(10-19)7-15(6-13)11-19/h2-4,8,13-15H,5-7,9-11H2,1H3,(H,20,21). The lowest BCUT2D eigenvalue weighted by Crippen LogP contribution is -2.51. The molecule has 1 aromatic rings. The molecule has 4 aliphatic carbocycles. The summed E-state index contributed by atoms with van der Waals surface area (Å²) in [6.45, 7) is 1.47. The number of nitrogens with one attached hydrogen (secondary N) is 1. The highest BCUT2D eigenvalue weighted by atomic mass is 16.5. The first-order valence-electron chi connectivity index (χ1n) is 8.62. The number of amides is 1. The molecule has 0 saturated heterocycles. The minimum absolute atomic E-state index is 0.0587. The Morgan fingerprint density at radius 2 is 1.70 bits per heavy atom. The summed E-state index contributed by atoms with van der Waals surface area (Å²) >= 11 is 0. The number of carbonyl (C=O) groups excluding carboxylic acids is 2. The van der Waals surface area contributed by atoms with Crippen LogP contribution in [0.2, 0.25) is 0 Å². The van der Waals surface area contributed by atoms with Crippen LogP contribution in [0.3, 0.4) is 0 Å². The highest BCUT2D eigenvalue weighted by Gasteiger charge is 2.55. The second kappa shape index (κ2) is 5.36. The van der Waals surface area contributed by atoms with E-state index in [1.807, 2.05) is 0 Å². The largest absolute Gasteiger partial charge is 0.426 e. The first kappa shape index (κ1) is 14.7. The maximum atomic E-state index is 12.9. The van der Waals surface area contributed by atoms with Gasteiger partial charge in [0.15, 0.2) is 0 Å². The zero-order valence-corrected chi connectivity index (χ0v) is 13.5. The van der Waals surface area contributed by atoms with Gasteiger partial charge in [0, 0.05) is 18.7 Å².